The molecule has 0 aliphatic heterocycles. The third kappa shape index (κ3) is 1.99. The van der Waals surface area contributed by atoms with E-state index in [2.05, 4.69) is 10.1 Å². The van der Waals surface area contributed by atoms with E-state index >= 15 is 0 Å². The van der Waals surface area contributed by atoms with Crippen LogP contribution in [0.1, 0.15) is 21.8 Å². The van der Waals surface area contributed by atoms with Gasteiger partial charge in [-0.3, -0.25) is 4.57 Å². The van der Waals surface area contributed by atoms with Gasteiger partial charge in [0.1, 0.15) is 11.5 Å². The zero-order chi connectivity index (χ0) is 14.3. The summed E-state index contributed by atoms with van der Waals surface area (Å²) in [5.41, 5.74) is 1.52. The fraction of sp³-hybridized carbons (Fsp3) is 0.154. The Balaban J connectivity index is 2.13. The maximum absolute atomic E-state index is 11.9. The number of imidazole rings is 1. The Morgan fingerprint density at radius 3 is 2.90 bits per heavy atom. The van der Waals surface area contributed by atoms with Gasteiger partial charge in [-0.05, 0) is 25.1 Å². The van der Waals surface area contributed by atoms with Crippen molar-refractivity contribution in [3.05, 3.63) is 51.8 Å². The van der Waals surface area contributed by atoms with E-state index in [1.54, 1.807) is 19.1 Å². The van der Waals surface area contributed by atoms with Crippen molar-refractivity contribution in [1.29, 1.82) is 0 Å². The van der Waals surface area contributed by atoms with Crippen LogP contribution in [-0.2, 0) is 6.54 Å². The number of H-pyrrole nitrogens is 1. The first-order valence-electron chi connectivity index (χ1n) is 5.92. The standard InChI is InChI=1S/C13H11N3O4/c1-7-4-9(15-20-7)6-16-11-5-8(12(17)18)2-3-10(11)14-13(16)19/h2-5H,6H2,1H3,(H,14,19)(H,17,18). The Morgan fingerprint density at radius 1 is 1.45 bits per heavy atom. The van der Waals surface area contributed by atoms with Gasteiger partial charge in [0.05, 0.1) is 23.1 Å². The molecule has 0 aliphatic rings. The molecule has 7 nitrogen and oxygen atoms in total. The quantitative estimate of drug-likeness (QED) is 0.750. The van der Waals surface area contributed by atoms with Crippen molar-refractivity contribution in [3.63, 3.8) is 0 Å². The Bertz CT molecular complexity index is 856. The zero-order valence-electron chi connectivity index (χ0n) is 10.6. The molecule has 3 aromatic rings. The average molecular weight is 273 g/mol. The van der Waals surface area contributed by atoms with E-state index in [9.17, 15) is 9.59 Å². The second-order valence-electron chi connectivity index (χ2n) is 4.48. The number of aryl methyl sites for hydroxylation is 1. The summed E-state index contributed by atoms with van der Waals surface area (Å²) in [4.78, 5) is 25.6. The van der Waals surface area contributed by atoms with Crippen molar-refractivity contribution >= 4 is 17.0 Å². The summed E-state index contributed by atoms with van der Waals surface area (Å²) in [5.74, 6) is -0.386. The topological polar surface area (TPSA) is 101 Å². The number of aromatic nitrogens is 3. The van der Waals surface area contributed by atoms with Crippen molar-refractivity contribution in [2.24, 2.45) is 0 Å². The number of nitrogens with zero attached hydrogens (tertiary/aromatic N) is 2. The van der Waals surface area contributed by atoms with Crippen molar-refractivity contribution < 1.29 is 14.4 Å². The Morgan fingerprint density at radius 2 is 2.25 bits per heavy atom. The summed E-state index contributed by atoms with van der Waals surface area (Å²) in [6.45, 7) is 1.98. The first kappa shape index (κ1) is 12.2. The number of aromatic amines is 1. The molecule has 2 N–H and O–H groups in total. The number of hydrogen-bond donors (Lipinski definition) is 2. The van der Waals surface area contributed by atoms with Gasteiger partial charge in [0.15, 0.2) is 0 Å². The molecule has 0 amide bonds. The van der Waals surface area contributed by atoms with Crippen molar-refractivity contribution in [3.8, 4) is 0 Å². The zero-order valence-corrected chi connectivity index (χ0v) is 10.6. The normalized spacial score (nSPS) is 11.1. The van der Waals surface area contributed by atoms with E-state index in [-0.39, 0.29) is 17.8 Å². The molecule has 0 spiro atoms. The number of aromatic carboxylic acids is 1. The van der Waals surface area contributed by atoms with Gasteiger partial charge >= 0.3 is 11.7 Å². The fourth-order valence-electron chi connectivity index (χ4n) is 2.10. The lowest BCUT2D eigenvalue weighted by Crippen LogP contribution is -2.17. The van der Waals surface area contributed by atoms with Crippen LogP contribution >= 0.6 is 0 Å². The predicted octanol–water partition coefficient (Wildman–Crippen LogP) is 1.37. The summed E-state index contributed by atoms with van der Waals surface area (Å²) in [6.07, 6.45) is 0. The minimum Gasteiger partial charge on any atom is -0.478 e. The van der Waals surface area contributed by atoms with Gasteiger partial charge in [0.25, 0.3) is 0 Å². The van der Waals surface area contributed by atoms with E-state index in [0.29, 0.717) is 22.5 Å². The number of hydrogen-bond acceptors (Lipinski definition) is 4. The van der Waals surface area contributed by atoms with Crippen LogP contribution in [0.5, 0.6) is 0 Å². The van der Waals surface area contributed by atoms with E-state index < -0.39 is 5.97 Å². The lowest BCUT2D eigenvalue weighted by molar-refractivity contribution is 0.0697. The van der Waals surface area contributed by atoms with E-state index in [4.69, 9.17) is 9.63 Å². The number of rotatable bonds is 3. The van der Waals surface area contributed by atoms with E-state index in [1.165, 1.54) is 16.7 Å². The van der Waals surface area contributed by atoms with Gasteiger partial charge in [-0.1, -0.05) is 5.16 Å². The summed E-state index contributed by atoms with van der Waals surface area (Å²) < 4.78 is 6.39. The minimum atomic E-state index is -1.04. The monoisotopic (exact) mass is 273 g/mol. The molecule has 102 valence electrons. The van der Waals surface area contributed by atoms with Crippen LogP contribution < -0.4 is 5.69 Å². The van der Waals surface area contributed by atoms with Crippen LogP contribution in [0.2, 0.25) is 0 Å². The van der Waals surface area contributed by atoms with Gasteiger partial charge in [-0.2, -0.15) is 0 Å². The molecule has 0 saturated heterocycles. The van der Waals surface area contributed by atoms with Gasteiger partial charge in [-0.15, -0.1) is 0 Å². The SMILES string of the molecule is Cc1cc(Cn2c(=O)[nH]c3ccc(C(=O)O)cc32)no1. The lowest BCUT2D eigenvalue weighted by atomic mass is 10.2. The Hall–Kier alpha value is -2.83. The first-order valence-corrected chi connectivity index (χ1v) is 5.92. The summed E-state index contributed by atoms with van der Waals surface area (Å²) in [6, 6.07) is 6.21. The number of fused-ring (bicyclic) bond motifs is 1. The molecule has 0 atom stereocenters. The van der Waals surface area contributed by atoms with Crippen LogP contribution in [0, 0.1) is 6.92 Å². The molecule has 0 bridgehead atoms. The third-order valence-corrected chi connectivity index (χ3v) is 3.02. The molecule has 2 heterocycles. The maximum Gasteiger partial charge on any atom is 0.335 e. The van der Waals surface area contributed by atoms with Crippen LogP contribution in [0.3, 0.4) is 0 Å². The molecule has 7 heteroatoms. The molecule has 0 radical (unpaired) electrons. The molecule has 0 aliphatic carbocycles. The average Bonchev–Trinajstić information content (AvgIpc) is 2.94. The van der Waals surface area contributed by atoms with Crippen LogP contribution in [-0.4, -0.2) is 25.8 Å². The fourth-order valence-corrected chi connectivity index (χ4v) is 2.10. The van der Waals surface area contributed by atoms with Gasteiger partial charge in [-0.25, -0.2) is 9.59 Å². The van der Waals surface area contributed by atoms with E-state index in [1.807, 2.05) is 0 Å². The summed E-state index contributed by atoms with van der Waals surface area (Å²) in [5, 5.41) is 12.8. The summed E-state index contributed by atoms with van der Waals surface area (Å²) in [7, 11) is 0. The summed E-state index contributed by atoms with van der Waals surface area (Å²) >= 11 is 0. The highest BCUT2D eigenvalue weighted by atomic mass is 16.5. The smallest absolute Gasteiger partial charge is 0.335 e. The van der Waals surface area contributed by atoms with Gasteiger partial charge in [0, 0.05) is 6.07 Å². The molecular formula is C13H11N3O4. The first-order chi connectivity index (χ1) is 9.54. The molecule has 3 rings (SSSR count). The lowest BCUT2D eigenvalue weighted by Gasteiger charge is -2.01. The largest absolute Gasteiger partial charge is 0.478 e. The predicted molar refractivity (Wildman–Crippen MR) is 69.9 cm³/mol. The Labute approximate surface area is 112 Å². The molecule has 2 aromatic heterocycles. The number of benzene rings is 1. The van der Waals surface area contributed by atoms with E-state index in [0.717, 1.165) is 0 Å². The third-order valence-electron chi connectivity index (χ3n) is 3.02. The molecule has 0 unspecified atom stereocenters. The highest BCUT2D eigenvalue weighted by Crippen LogP contribution is 2.14. The molecule has 20 heavy (non-hydrogen) atoms. The Kier molecular flexibility index (Phi) is 2.67. The van der Waals surface area contributed by atoms with Crippen LogP contribution in [0.15, 0.2) is 33.6 Å². The van der Waals surface area contributed by atoms with Crippen LogP contribution in [0.25, 0.3) is 11.0 Å². The number of nitrogens with one attached hydrogen (secondary N) is 1. The highest BCUT2D eigenvalue weighted by Gasteiger charge is 2.12. The molecule has 0 saturated carbocycles. The maximum atomic E-state index is 11.9. The van der Waals surface area contributed by atoms with Crippen molar-refractivity contribution in [2.75, 3.05) is 0 Å². The second kappa shape index (κ2) is 4.37. The highest BCUT2D eigenvalue weighted by molar-refractivity contribution is 5.92. The molecular weight excluding hydrogens is 262 g/mol. The van der Waals surface area contributed by atoms with Crippen molar-refractivity contribution in [2.45, 2.75) is 13.5 Å². The number of carboxylic acids is 1. The van der Waals surface area contributed by atoms with Crippen LogP contribution in [0.4, 0.5) is 0 Å². The van der Waals surface area contributed by atoms with Gasteiger partial charge < -0.3 is 14.6 Å². The number of carboxylic acid groups (broad SMARTS) is 1. The minimum absolute atomic E-state index is 0.126. The van der Waals surface area contributed by atoms with Gasteiger partial charge in [0.2, 0.25) is 0 Å². The molecule has 0 fully saturated rings. The molecule has 1 aromatic carbocycles. The number of carbonyl (C=O) groups is 1. The second-order valence-corrected chi connectivity index (χ2v) is 4.48. The van der Waals surface area contributed by atoms with Crippen molar-refractivity contribution in [1.82, 2.24) is 14.7 Å².